The highest BCUT2D eigenvalue weighted by Crippen LogP contribution is 2.24. The van der Waals surface area contributed by atoms with Crippen LogP contribution in [0.4, 0.5) is 0 Å². The van der Waals surface area contributed by atoms with Crippen molar-refractivity contribution in [3.05, 3.63) is 63.6 Å². The number of nitrogens with one attached hydrogen (secondary N) is 2. The Kier molecular flexibility index (Phi) is 8.25. The Morgan fingerprint density at radius 1 is 1.00 bits per heavy atom. The summed E-state index contributed by atoms with van der Waals surface area (Å²) in [6.07, 6.45) is 0. The molecule has 0 amide bonds. The Hall–Kier alpha value is -1.40. The summed E-state index contributed by atoms with van der Waals surface area (Å²) in [5.74, 6) is 0.900. The van der Waals surface area contributed by atoms with E-state index in [-0.39, 0.29) is 6.61 Å². The molecular formula is C19H25BrN2O2. The molecule has 0 saturated heterocycles. The molecule has 0 spiro atoms. The number of benzene rings is 2. The summed E-state index contributed by atoms with van der Waals surface area (Å²) in [6.45, 7) is 5.87. The fourth-order valence-corrected chi connectivity index (χ4v) is 2.77. The molecular weight excluding hydrogens is 368 g/mol. The molecule has 0 heterocycles. The zero-order chi connectivity index (χ0) is 17.2. The summed E-state index contributed by atoms with van der Waals surface area (Å²) in [4.78, 5) is 0. The van der Waals surface area contributed by atoms with Crippen molar-refractivity contribution in [2.45, 2.75) is 20.1 Å². The Morgan fingerprint density at radius 2 is 1.79 bits per heavy atom. The molecule has 0 aromatic heterocycles. The minimum absolute atomic E-state index is 0.169. The van der Waals surface area contributed by atoms with Crippen LogP contribution in [0.5, 0.6) is 5.75 Å². The van der Waals surface area contributed by atoms with Crippen LogP contribution in [0.15, 0.2) is 46.9 Å². The summed E-state index contributed by atoms with van der Waals surface area (Å²) >= 11 is 3.52. The van der Waals surface area contributed by atoms with E-state index >= 15 is 0 Å². The molecule has 2 rings (SSSR count). The van der Waals surface area contributed by atoms with Crippen LogP contribution in [-0.4, -0.2) is 31.3 Å². The van der Waals surface area contributed by atoms with E-state index in [4.69, 9.17) is 9.84 Å². The predicted molar refractivity (Wildman–Crippen MR) is 101 cm³/mol. The van der Waals surface area contributed by atoms with Crippen molar-refractivity contribution in [3.8, 4) is 5.75 Å². The number of hydrogen-bond acceptors (Lipinski definition) is 4. The molecule has 0 aliphatic carbocycles. The Bertz CT molecular complexity index is 635. The van der Waals surface area contributed by atoms with Crippen molar-refractivity contribution in [2.24, 2.45) is 0 Å². The lowest BCUT2D eigenvalue weighted by Gasteiger charge is -2.14. The molecule has 0 aliphatic heterocycles. The normalized spacial score (nSPS) is 10.8. The van der Waals surface area contributed by atoms with Gasteiger partial charge in [-0.3, -0.25) is 0 Å². The van der Waals surface area contributed by atoms with Crippen LogP contribution in [0.2, 0.25) is 0 Å². The van der Waals surface area contributed by atoms with Gasteiger partial charge in [-0.2, -0.15) is 0 Å². The van der Waals surface area contributed by atoms with Crippen molar-refractivity contribution in [1.29, 1.82) is 0 Å². The van der Waals surface area contributed by atoms with E-state index in [1.807, 2.05) is 24.3 Å². The molecule has 3 N–H and O–H groups in total. The number of ether oxygens (including phenoxy) is 1. The van der Waals surface area contributed by atoms with Gasteiger partial charge in [0, 0.05) is 36.2 Å². The first-order valence-electron chi connectivity index (χ1n) is 8.18. The second-order valence-electron chi connectivity index (χ2n) is 5.62. The maximum Gasteiger partial charge on any atom is 0.124 e. The van der Waals surface area contributed by atoms with Gasteiger partial charge in [0.25, 0.3) is 0 Å². The molecule has 0 aliphatic rings. The van der Waals surface area contributed by atoms with E-state index in [0.717, 1.165) is 35.4 Å². The quantitative estimate of drug-likeness (QED) is 0.544. The molecule has 5 heteroatoms. The molecule has 2 aromatic rings. The molecule has 2 aromatic carbocycles. The fourth-order valence-electron chi connectivity index (χ4n) is 2.36. The van der Waals surface area contributed by atoms with Gasteiger partial charge in [-0.1, -0.05) is 40.2 Å². The second kappa shape index (κ2) is 10.5. The van der Waals surface area contributed by atoms with Crippen LogP contribution in [-0.2, 0) is 13.2 Å². The van der Waals surface area contributed by atoms with Crippen molar-refractivity contribution >= 4 is 15.9 Å². The van der Waals surface area contributed by atoms with Gasteiger partial charge in [0.2, 0.25) is 0 Å². The van der Waals surface area contributed by atoms with Gasteiger partial charge in [-0.25, -0.2) is 0 Å². The molecule has 0 fully saturated rings. The maximum atomic E-state index is 8.74. The van der Waals surface area contributed by atoms with Gasteiger partial charge in [0.1, 0.15) is 12.4 Å². The fraction of sp³-hybridized carbons (Fsp3) is 0.368. The number of halogens is 1. The Labute approximate surface area is 152 Å². The third-order valence-corrected chi connectivity index (χ3v) is 4.24. The standard InChI is InChI=1S/C19H25BrN2O2/c1-15-4-2-3-5-16(15)14-24-19-7-6-18(20)12-17(19)13-22-9-8-21-10-11-23/h2-7,12,21-23H,8-11,13-14H2,1H3. The number of hydrogen-bond donors (Lipinski definition) is 3. The molecule has 0 radical (unpaired) electrons. The molecule has 4 nitrogen and oxygen atoms in total. The number of rotatable bonds is 10. The molecule has 0 bridgehead atoms. The summed E-state index contributed by atoms with van der Waals surface area (Å²) in [5.41, 5.74) is 3.57. The molecule has 0 atom stereocenters. The van der Waals surface area contributed by atoms with Crippen LogP contribution in [0, 0.1) is 6.92 Å². The molecule has 0 saturated carbocycles. The molecule has 130 valence electrons. The number of aryl methyl sites for hydroxylation is 1. The zero-order valence-electron chi connectivity index (χ0n) is 14.0. The van der Waals surface area contributed by atoms with E-state index in [2.05, 4.69) is 51.7 Å². The van der Waals surface area contributed by atoms with Crippen molar-refractivity contribution in [2.75, 3.05) is 26.2 Å². The second-order valence-corrected chi connectivity index (χ2v) is 6.53. The van der Waals surface area contributed by atoms with Gasteiger partial charge in [0.05, 0.1) is 6.61 Å². The summed E-state index contributed by atoms with van der Waals surface area (Å²) in [6, 6.07) is 14.4. The molecule has 0 unspecified atom stereocenters. The smallest absolute Gasteiger partial charge is 0.124 e. The Morgan fingerprint density at radius 3 is 2.58 bits per heavy atom. The lowest BCUT2D eigenvalue weighted by atomic mass is 10.1. The van der Waals surface area contributed by atoms with Crippen LogP contribution < -0.4 is 15.4 Å². The summed E-state index contributed by atoms with van der Waals surface area (Å²) < 4.78 is 7.09. The third kappa shape index (κ3) is 6.24. The lowest BCUT2D eigenvalue weighted by Crippen LogP contribution is -2.28. The first-order chi connectivity index (χ1) is 11.7. The minimum Gasteiger partial charge on any atom is -0.489 e. The SMILES string of the molecule is Cc1ccccc1COc1ccc(Br)cc1CNCCNCCO. The van der Waals surface area contributed by atoms with Gasteiger partial charge >= 0.3 is 0 Å². The molecule has 24 heavy (non-hydrogen) atoms. The van der Waals surface area contributed by atoms with E-state index in [0.29, 0.717) is 13.2 Å². The highest BCUT2D eigenvalue weighted by atomic mass is 79.9. The minimum atomic E-state index is 0.169. The zero-order valence-corrected chi connectivity index (χ0v) is 15.6. The van der Waals surface area contributed by atoms with Crippen molar-refractivity contribution in [1.82, 2.24) is 10.6 Å². The average Bonchev–Trinajstić information content (AvgIpc) is 2.58. The lowest BCUT2D eigenvalue weighted by molar-refractivity contribution is 0.292. The van der Waals surface area contributed by atoms with Gasteiger partial charge in [-0.15, -0.1) is 0 Å². The van der Waals surface area contributed by atoms with Gasteiger partial charge in [-0.05, 0) is 36.2 Å². The average molecular weight is 393 g/mol. The van der Waals surface area contributed by atoms with Gasteiger partial charge in [0.15, 0.2) is 0 Å². The van der Waals surface area contributed by atoms with E-state index in [1.54, 1.807) is 0 Å². The van der Waals surface area contributed by atoms with E-state index in [9.17, 15) is 0 Å². The first kappa shape index (κ1) is 18.9. The largest absolute Gasteiger partial charge is 0.489 e. The topological polar surface area (TPSA) is 53.5 Å². The number of aliphatic hydroxyl groups excluding tert-OH is 1. The van der Waals surface area contributed by atoms with E-state index < -0.39 is 0 Å². The number of aliphatic hydroxyl groups is 1. The van der Waals surface area contributed by atoms with E-state index in [1.165, 1.54) is 11.1 Å². The van der Waals surface area contributed by atoms with Crippen LogP contribution >= 0.6 is 15.9 Å². The highest BCUT2D eigenvalue weighted by molar-refractivity contribution is 9.10. The van der Waals surface area contributed by atoms with Crippen LogP contribution in [0.3, 0.4) is 0 Å². The summed E-state index contributed by atoms with van der Waals surface area (Å²) in [7, 11) is 0. The highest BCUT2D eigenvalue weighted by Gasteiger charge is 2.06. The summed E-state index contributed by atoms with van der Waals surface area (Å²) in [5, 5.41) is 15.3. The van der Waals surface area contributed by atoms with Crippen LogP contribution in [0.25, 0.3) is 0 Å². The monoisotopic (exact) mass is 392 g/mol. The van der Waals surface area contributed by atoms with Gasteiger partial charge < -0.3 is 20.5 Å². The van der Waals surface area contributed by atoms with Crippen molar-refractivity contribution in [3.63, 3.8) is 0 Å². The Balaban J connectivity index is 1.91. The predicted octanol–water partition coefficient (Wildman–Crippen LogP) is 3.01. The maximum absolute atomic E-state index is 8.74. The third-order valence-electron chi connectivity index (χ3n) is 3.75. The van der Waals surface area contributed by atoms with Crippen molar-refractivity contribution < 1.29 is 9.84 Å². The first-order valence-corrected chi connectivity index (χ1v) is 8.98. The van der Waals surface area contributed by atoms with Crippen LogP contribution in [0.1, 0.15) is 16.7 Å².